The van der Waals surface area contributed by atoms with Crippen LogP contribution in [-0.4, -0.2) is 96.7 Å². The van der Waals surface area contributed by atoms with E-state index in [0.29, 0.717) is 31.6 Å². The summed E-state index contributed by atoms with van der Waals surface area (Å²) in [4.78, 5) is 72.5. The van der Waals surface area contributed by atoms with Gasteiger partial charge < -0.3 is 33.8 Å². The van der Waals surface area contributed by atoms with Crippen molar-refractivity contribution in [2.24, 2.45) is 17.8 Å². The minimum Gasteiger partial charge on any atom is -0.462 e. The molecular weight excluding hydrogens is 1190 g/mol. The number of unbranched alkanes of at least 4 members (excludes halogenated alkanes) is 32. The SMILES string of the molecule is CCCCCC/C=C\C=C/CCCCCCCC(=O)O[C@H](COC(=O)CCCCCCCCCCC(C)C)COP(=O)(O)OCC(O)COP(=O)(O)OC[C@@H](COC(=O)CCCCCCCCCC(C)C)OC(=O)CCCCCCCCCCCCCC(C)C. The molecule has 0 amide bonds. The van der Waals surface area contributed by atoms with Gasteiger partial charge in [0, 0.05) is 25.7 Å². The third kappa shape index (κ3) is 64.3. The van der Waals surface area contributed by atoms with Crippen LogP contribution in [-0.2, 0) is 65.4 Å². The second-order valence-corrected chi connectivity index (χ2v) is 29.3. The molecule has 0 bridgehead atoms. The number of esters is 4. The maximum absolute atomic E-state index is 13.0. The summed E-state index contributed by atoms with van der Waals surface area (Å²) in [5.41, 5.74) is 0. The second-order valence-electron chi connectivity index (χ2n) is 26.4. The van der Waals surface area contributed by atoms with Crippen LogP contribution in [0.2, 0.25) is 0 Å². The van der Waals surface area contributed by atoms with Crippen LogP contribution in [0.5, 0.6) is 0 Å². The molecule has 0 aromatic heterocycles. The Hall–Kier alpha value is -2.46. The van der Waals surface area contributed by atoms with Crippen molar-refractivity contribution in [3.8, 4) is 0 Å². The Labute approximate surface area is 548 Å². The number of hydrogen-bond acceptors (Lipinski definition) is 15. The van der Waals surface area contributed by atoms with Gasteiger partial charge in [-0.3, -0.25) is 37.3 Å². The van der Waals surface area contributed by atoms with Crippen LogP contribution >= 0.6 is 15.6 Å². The van der Waals surface area contributed by atoms with E-state index in [4.69, 9.17) is 37.0 Å². The van der Waals surface area contributed by atoms with Gasteiger partial charge in [-0.05, 0) is 69.1 Å². The van der Waals surface area contributed by atoms with Gasteiger partial charge in [0.15, 0.2) is 12.2 Å². The minimum absolute atomic E-state index is 0.0839. The van der Waals surface area contributed by atoms with E-state index in [-0.39, 0.29) is 25.7 Å². The Morgan fingerprint density at radius 3 is 0.900 bits per heavy atom. The molecule has 90 heavy (non-hydrogen) atoms. The molecule has 0 rings (SSSR count). The van der Waals surface area contributed by atoms with Gasteiger partial charge in [0.1, 0.15) is 19.3 Å². The third-order valence-corrected chi connectivity index (χ3v) is 17.7. The number of carbonyl (C=O) groups is 4. The molecule has 19 heteroatoms. The third-order valence-electron chi connectivity index (χ3n) is 15.8. The van der Waals surface area contributed by atoms with Crippen molar-refractivity contribution in [3.05, 3.63) is 24.3 Å². The highest BCUT2D eigenvalue weighted by Crippen LogP contribution is 2.45. The van der Waals surface area contributed by atoms with Gasteiger partial charge in [0.2, 0.25) is 0 Å². The van der Waals surface area contributed by atoms with E-state index < -0.39 is 97.5 Å². The quantitative estimate of drug-likeness (QED) is 0.0169. The maximum atomic E-state index is 13.0. The van der Waals surface area contributed by atoms with Gasteiger partial charge in [-0.25, -0.2) is 9.13 Å². The van der Waals surface area contributed by atoms with Gasteiger partial charge >= 0.3 is 39.5 Å². The number of ether oxygens (including phenoxy) is 4. The summed E-state index contributed by atoms with van der Waals surface area (Å²) in [6, 6.07) is 0. The van der Waals surface area contributed by atoms with Crippen LogP contribution in [0.15, 0.2) is 24.3 Å². The van der Waals surface area contributed by atoms with Gasteiger partial charge in [-0.1, -0.05) is 278 Å². The normalized spacial score (nSPS) is 14.4. The van der Waals surface area contributed by atoms with Crippen LogP contribution in [0.25, 0.3) is 0 Å². The molecule has 0 heterocycles. The predicted molar refractivity (Wildman–Crippen MR) is 363 cm³/mol. The first-order chi connectivity index (χ1) is 43.2. The fraction of sp³-hybridized carbons (Fsp3) is 0.887. The van der Waals surface area contributed by atoms with Crippen molar-refractivity contribution in [1.29, 1.82) is 0 Å². The first-order valence-corrected chi connectivity index (χ1v) is 39.2. The molecule has 0 fully saturated rings. The topological polar surface area (TPSA) is 237 Å². The number of aliphatic hydroxyl groups is 1. The lowest BCUT2D eigenvalue weighted by atomic mass is 10.0. The molecule has 3 unspecified atom stereocenters. The number of phosphoric ester groups is 2. The summed E-state index contributed by atoms with van der Waals surface area (Å²) < 4.78 is 68.2. The van der Waals surface area contributed by atoms with Crippen molar-refractivity contribution >= 4 is 39.5 Å². The molecule has 0 saturated carbocycles. The highest BCUT2D eigenvalue weighted by molar-refractivity contribution is 7.47. The average Bonchev–Trinajstić information content (AvgIpc) is 3.08. The van der Waals surface area contributed by atoms with E-state index >= 15 is 0 Å². The molecule has 530 valence electrons. The highest BCUT2D eigenvalue weighted by atomic mass is 31.2. The maximum Gasteiger partial charge on any atom is 0.472 e. The first-order valence-electron chi connectivity index (χ1n) is 36.2. The molecule has 0 spiro atoms. The predicted octanol–water partition coefficient (Wildman–Crippen LogP) is 19.8. The van der Waals surface area contributed by atoms with Crippen LogP contribution < -0.4 is 0 Å². The van der Waals surface area contributed by atoms with Crippen LogP contribution in [0, 0.1) is 17.8 Å². The smallest absolute Gasteiger partial charge is 0.462 e. The zero-order valence-electron chi connectivity index (χ0n) is 58.1. The van der Waals surface area contributed by atoms with Crippen LogP contribution in [0.4, 0.5) is 0 Å². The first kappa shape index (κ1) is 87.5. The number of aliphatic hydroxyl groups excluding tert-OH is 1. The van der Waals surface area contributed by atoms with Crippen LogP contribution in [0.3, 0.4) is 0 Å². The van der Waals surface area contributed by atoms with E-state index in [1.54, 1.807) is 0 Å². The number of phosphoric acid groups is 2. The summed E-state index contributed by atoms with van der Waals surface area (Å²) in [7, 11) is -9.92. The lowest BCUT2D eigenvalue weighted by Crippen LogP contribution is -2.30. The Morgan fingerprint density at radius 1 is 0.344 bits per heavy atom. The van der Waals surface area contributed by atoms with Crippen molar-refractivity contribution in [3.63, 3.8) is 0 Å². The molecule has 3 N–H and O–H groups in total. The van der Waals surface area contributed by atoms with Crippen LogP contribution in [0.1, 0.15) is 331 Å². The molecule has 0 aliphatic carbocycles. The van der Waals surface area contributed by atoms with Crippen molar-refractivity contribution in [1.82, 2.24) is 0 Å². The molecule has 0 aliphatic rings. The summed E-state index contributed by atoms with van der Waals surface area (Å²) >= 11 is 0. The molecule has 0 aromatic rings. The average molecular weight is 1320 g/mol. The van der Waals surface area contributed by atoms with Crippen molar-refractivity contribution in [2.45, 2.75) is 349 Å². The number of hydrogen-bond donors (Lipinski definition) is 3. The summed E-state index contributed by atoms with van der Waals surface area (Å²) in [6.07, 6.45) is 48.1. The number of rotatable bonds is 67. The summed E-state index contributed by atoms with van der Waals surface area (Å²) in [5.74, 6) is 0.0331. The molecule has 5 atom stereocenters. The fourth-order valence-electron chi connectivity index (χ4n) is 10.2. The molecule has 0 saturated heterocycles. The van der Waals surface area contributed by atoms with Gasteiger partial charge in [0.25, 0.3) is 0 Å². The molecule has 0 aromatic carbocycles. The Kier molecular flexibility index (Phi) is 59.7. The monoisotopic (exact) mass is 1320 g/mol. The second kappa shape index (κ2) is 61.4. The molecule has 0 radical (unpaired) electrons. The van der Waals surface area contributed by atoms with E-state index in [1.807, 2.05) is 0 Å². The Balaban J connectivity index is 5.29. The lowest BCUT2D eigenvalue weighted by molar-refractivity contribution is -0.161. The van der Waals surface area contributed by atoms with E-state index in [1.165, 1.54) is 116 Å². The van der Waals surface area contributed by atoms with E-state index in [2.05, 4.69) is 72.8 Å². The zero-order valence-corrected chi connectivity index (χ0v) is 59.9. The molecule has 0 aliphatic heterocycles. The number of carbonyl (C=O) groups excluding carboxylic acids is 4. The molecule has 17 nitrogen and oxygen atoms in total. The van der Waals surface area contributed by atoms with Gasteiger partial charge in [-0.2, -0.15) is 0 Å². The van der Waals surface area contributed by atoms with Gasteiger partial charge in [-0.15, -0.1) is 0 Å². The Morgan fingerprint density at radius 2 is 0.600 bits per heavy atom. The zero-order chi connectivity index (χ0) is 66.6. The van der Waals surface area contributed by atoms with E-state index in [9.17, 15) is 43.2 Å². The standard InChI is InChI=1S/C71H134O17P2/c1-8-9-10-11-12-13-14-15-16-17-20-23-32-40-47-54-70(75)87-66(58-81-68(73)52-45-38-31-26-25-29-36-43-50-63(4)5)60-85-89(77,78)83-56-65(72)57-84-90(79,80)86-61-67(59-82-69(74)53-46-39-34-27-30-37-44-51-64(6)7)88-71(76)55-48-41-33-24-21-18-19-22-28-35-42-49-62(2)3/h13-16,62-67,72H,8-12,17-61H2,1-7H3,(H,77,78)(H,79,80)/b14-13-,16-15-/t65?,66-,67-/m1/s1. The van der Waals surface area contributed by atoms with Gasteiger partial charge in [0.05, 0.1) is 26.4 Å². The minimum atomic E-state index is -4.96. The van der Waals surface area contributed by atoms with Crippen molar-refractivity contribution in [2.75, 3.05) is 39.6 Å². The molecular formula is C71H134O17P2. The Bertz CT molecular complexity index is 1860. The summed E-state index contributed by atoms with van der Waals surface area (Å²) in [6.45, 7) is 11.7. The summed E-state index contributed by atoms with van der Waals surface area (Å²) in [5, 5.41) is 10.6. The fourth-order valence-corrected chi connectivity index (χ4v) is 11.8. The van der Waals surface area contributed by atoms with E-state index in [0.717, 1.165) is 127 Å². The largest absolute Gasteiger partial charge is 0.472 e. The van der Waals surface area contributed by atoms with Crippen molar-refractivity contribution < 1.29 is 80.2 Å². The lowest BCUT2D eigenvalue weighted by Gasteiger charge is -2.21. The number of allylic oxidation sites excluding steroid dienone is 4. The highest BCUT2D eigenvalue weighted by Gasteiger charge is 2.30.